The van der Waals surface area contributed by atoms with Crippen LogP contribution in [0.15, 0.2) is 30.3 Å². The number of thiocarbonyl (C=S) groups is 1. The molecular formula is C30H43FN6S. The summed E-state index contributed by atoms with van der Waals surface area (Å²) in [5.41, 5.74) is 1.15. The van der Waals surface area contributed by atoms with Crippen LogP contribution in [0.4, 0.5) is 22.0 Å². The molecule has 2 N–H and O–H groups in total. The summed E-state index contributed by atoms with van der Waals surface area (Å²) in [6.45, 7) is 6.11. The first-order valence-corrected chi connectivity index (χ1v) is 15.1. The molecule has 3 fully saturated rings. The van der Waals surface area contributed by atoms with Gasteiger partial charge in [-0.3, -0.25) is 0 Å². The van der Waals surface area contributed by atoms with Gasteiger partial charge in [-0.15, -0.1) is 0 Å². The predicted molar refractivity (Wildman–Crippen MR) is 159 cm³/mol. The van der Waals surface area contributed by atoms with Crippen LogP contribution in [0.1, 0.15) is 89.5 Å². The predicted octanol–water partition coefficient (Wildman–Crippen LogP) is 6.56. The van der Waals surface area contributed by atoms with Crippen molar-refractivity contribution in [3.8, 4) is 0 Å². The van der Waals surface area contributed by atoms with Gasteiger partial charge in [-0.1, -0.05) is 44.2 Å². The first-order valence-electron chi connectivity index (χ1n) is 14.7. The van der Waals surface area contributed by atoms with Crippen LogP contribution in [0.5, 0.6) is 0 Å². The van der Waals surface area contributed by atoms with Gasteiger partial charge in [0.05, 0.1) is 0 Å². The van der Waals surface area contributed by atoms with Gasteiger partial charge in [-0.25, -0.2) is 4.39 Å². The minimum atomic E-state index is -0.190. The number of hydrogen-bond acceptors (Lipinski definition) is 5. The van der Waals surface area contributed by atoms with Gasteiger partial charge in [0.2, 0.25) is 5.95 Å². The van der Waals surface area contributed by atoms with Gasteiger partial charge in [0.1, 0.15) is 17.5 Å². The Balaban J connectivity index is 1.33. The minimum absolute atomic E-state index is 0.0408. The van der Waals surface area contributed by atoms with E-state index in [2.05, 4.69) is 33.4 Å². The number of hydrogen-bond donors (Lipinski definition) is 2. The second-order valence-corrected chi connectivity index (χ2v) is 11.9. The Hall–Kier alpha value is -2.48. The summed E-state index contributed by atoms with van der Waals surface area (Å²) in [5, 5.41) is 7.37. The molecule has 5 rings (SSSR count). The van der Waals surface area contributed by atoms with Gasteiger partial charge in [0.15, 0.2) is 5.11 Å². The average Bonchev–Trinajstić information content (AvgIpc) is 3.23. The molecule has 1 aromatic heterocycles. The lowest BCUT2D eigenvalue weighted by atomic mass is 9.69. The van der Waals surface area contributed by atoms with Crippen LogP contribution in [0, 0.1) is 5.82 Å². The monoisotopic (exact) mass is 538 g/mol. The molecule has 2 saturated heterocycles. The Morgan fingerprint density at radius 3 is 2.29 bits per heavy atom. The molecule has 1 saturated carbocycles. The van der Waals surface area contributed by atoms with E-state index < -0.39 is 0 Å². The topological polar surface area (TPSA) is 56.3 Å². The largest absolute Gasteiger partial charge is 0.361 e. The third-order valence-electron chi connectivity index (χ3n) is 8.81. The fourth-order valence-electron chi connectivity index (χ4n) is 6.52. The van der Waals surface area contributed by atoms with Crippen LogP contribution in [-0.2, 0) is 5.41 Å². The molecule has 0 radical (unpaired) electrons. The number of nitrogens with one attached hydrogen (secondary N) is 2. The zero-order chi connectivity index (χ0) is 26.4. The van der Waals surface area contributed by atoms with Crippen molar-refractivity contribution in [2.45, 2.75) is 95.4 Å². The molecule has 2 aromatic rings. The summed E-state index contributed by atoms with van der Waals surface area (Å²) in [4.78, 5) is 14.7. The molecule has 0 amide bonds. The summed E-state index contributed by atoms with van der Waals surface area (Å²) < 4.78 is 13.6. The number of nitrogens with zero attached hydrogens (tertiary/aromatic N) is 4. The average molecular weight is 539 g/mol. The van der Waals surface area contributed by atoms with Gasteiger partial charge in [-0.2, -0.15) is 9.97 Å². The second-order valence-electron chi connectivity index (χ2n) is 11.5. The van der Waals surface area contributed by atoms with E-state index in [-0.39, 0.29) is 11.2 Å². The molecule has 38 heavy (non-hydrogen) atoms. The van der Waals surface area contributed by atoms with E-state index in [1.54, 1.807) is 12.1 Å². The highest BCUT2D eigenvalue weighted by Crippen LogP contribution is 2.39. The molecule has 0 unspecified atom stereocenters. The van der Waals surface area contributed by atoms with Crippen molar-refractivity contribution in [3.05, 3.63) is 41.7 Å². The van der Waals surface area contributed by atoms with E-state index in [1.807, 2.05) is 12.1 Å². The van der Waals surface area contributed by atoms with Crippen molar-refractivity contribution in [1.82, 2.24) is 15.3 Å². The van der Waals surface area contributed by atoms with E-state index in [1.165, 1.54) is 69.8 Å². The molecule has 1 atom stereocenters. The third-order valence-corrected chi connectivity index (χ3v) is 9.05. The van der Waals surface area contributed by atoms with Crippen molar-refractivity contribution >= 4 is 34.9 Å². The molecule has 3 aliphatic rings. The Bertz CT molecular complexity index is 1060. The molecule has 206 valence electrons. The first-order chi connectivity index (χ1) is 18.5. The fraction of sp³-hybridized carbons (Fsp3) is 0.633. The Morgan fingerprint density at radius 2 is 1.58 bits per heavy atom. The molecule has 2 aliphatic heterocycles. The van der Waals surface area contributed by atoms with Crippen LogP contribution >= 0.6 is 12.2 Å². The maximum absolute atomic E-state index is 13.6. The second kappa shape index (κ2) is 12.6. The van der Waals surface area contributed by atoms with Gasteiger partial charge in [-0.05, 0) is 81.8 Å². The van der Waals surface area contributed by atoms with Crippen LogP contribution in [0.25, 0.3) is 0 Å². The lowest BCUT2D eigenvalue weighted by Crippen LogP contribution is -2.44. The number of piperidine rings is 1. The van der Waals surface area contributed by atoms with Crippen molar-refractivity contribution in [1.29, 1.82) is 0 Å². The molecule has 1 aromatic carbocycles. The number of benzene rings is 1. The lowest BCUT2D eigenvalue weighted by Gasteiger charge is -2.38. The van der Waals surface area contributed by atoms with Gasteiger partial charge >= 0.3 is 0 Å². The number of halogens is 1. The quantitative estimate of drug-likeness (QED) is 0.404. The molecular weight excluding hydrogens is 495 g/mol. The molecule has 0 spiro atoms. The zero-order valence-corrected chi connectivity index (χ0v) is 23.7. The zero-order valence-electron chi connectivity index (χ0n) is 22.9. The summed E-state index contributed by atoms with van der Waals surface area (Å²) in [5.74, 6) is 2.36. The molecule has 8 heteroatoms. The van der Waals surface area contributed by atoms with Crippen molar-refractivity contribution < 1.29 is 4.39 Å². The SMILES string of the molecule is C[C@@H]1CCCCN1c1cc(N2CCCCCC2)nc(NC(=S)NCC2(c3ccc(F)cc3)CCCCC2)n1. The first kappa shape index (κ1) is 27.1. The highest BCUT2D eigenvalue weighted by molar-refractivity contribution is 7.80. The number of rotatable bonds is 6. The van der Waals surface area contributed by atoms with Crippen molar-refractivity contribution in [2.24, 2.45) is 0 Å². The summed E-state index contributed by atoms with van der Waals surface area (Å²) in [7, 11) is 0. The minimum Gasteiger partial charge on any atom is -0.361 e. The van der Waals surface area contributed by atoms with E-state index in [0.29, 0.717) is 23.6 Å². The van der Waals surface area contributed by atoms with Crippen LogP contribution in [0.3, 0.4) is 0 Å². The molecule has 3 heterocycles. The van der Waals surface area contributed by atoms with Crippen molar-refractivity contribution in [3.63, 3.8) is 0 Å². The van der Waals surface area contributed by atoms with Gasteiger partial charge < -0.3 is 20.4 Å². The van der Waals surface area contributed by atoms with E-state index in [0.717, 1.165) is 44.1 Å². The smallest absolute Gasteiger partial charge is 0.232 e. The number of aromatic nitrogens is 2. The Labute approximate surface area is 232 Å². The van der Waals surface area contributed by atoms with E-state index in [4.69, 9.17) is 22.2 Å². The van der Waals surface area contributed by atoms with Gasteiger partial charge in [0, 0.05) is 43.7 Å². The van der Waals surface area contributed by atoms with Crippen molar-refractivity contribution in [2.75, 3.05) is 41.3 Å². The molecule has 6 nitrogen and oxygen atoms in total. The number of anilines is 3. The highest BCUT2D eigenvalue weighted by Gasteiger charge is 2.34. The Kier molecular flexibility index (Phi) is 8.97. The van der Waals surface area contributed by atoms with Gasteiger partial charge in [0.25, 0.3) is 0 Å². The lowest BCUT2D eigenvalue weighted by molar-refractivity contribution is 0.292. The van der Waals surface area contributed by atoms with Crippen LogP contribution < -0.4 is 20.4 Å². The maximum Gasteiger partial charge on any atom is 0.232 e. The van der Waals surface area contributed by atoms with Crippen LogP contribution in [-0.4, -0.2) is 47.3 Å². The maximum atomic E-state index is 13.6. The third kappa shape index (κ3) is 6.56. The molecule has 0 bridgehead atoms. The summed E-state index contributed by atoms with van der Waals surface area (Å²) in [6.07, 6.45) is 14.4. The fourth-order valence-corrected chi connectivity index (χ4v) is 6.68. The summed E-state index contributed by atoms with van der Waals surface area (Å²) in [6, 6.07) is 9.69. The highest BCUT2D eigenvalue weighted by atomic mass is 32.1. The van der Waals surface area contributed by atoms with E-state index in [9.17, 15) is 4.39 Å². The molecule has 1 aliphatic carbocycles. The normalized spacial score (nSPS) is 22.0. The van der Waals surface area contributed by atoms with E-state index >= 15 is 0 Å². The van der Waals surface area contributed by atoms with Crippen LogP contribution in [0.2, 0.25) is 0 Å². The summed E-state index contributed by atoms with van der Waals surface area (Å²) >= 11 is 5.78. The Morgan fingerprint density at radius 1 is 0.921 bits per heavy atom. The standard InChI is InChI=1S/C30H43FN6S/c1-23-11-5-10-20-37(23)27-21-26(36-18-8-2-3-9-19-36)33-28(34-27)35-29(38)32-22-30(16-6-4-7-17-30)24-12-14-25(31)15-13-24/h12-15,21,23H,2-11,16-20,22H2,1H3,(H2,32,33,34,35,38)/t23-/m1/s1.